The standard InChI is InChI=1S/C9H4ClF6NO3/c10-7-3(1-5(18)19)6(8(11,12)13)4(2-17-7)20-9(14,15)16/h2H,1H2,(H,18,19). The summed E-state index contributed by atoms with van der Waals surface area (Å²) in [5, 5.41) is 7.62. The lowest BCUT2D eigenvalue weighted by atomic mass is 10.1. The third kappa shape index (κ3) is 4.15. The van der Waals surface area contributed by atoms with E-state index in [-0.39, 0.29) is 6.20 Å². The average Bonchev–Trinajstić information content (AvgIpc) is 2.18. The zero-order valence-corrected chi connectivity index (χ0v) is 9.90. The monoisotopic (exact) mass is 323 g/mol. The molecule has 1 N–H and O–H groups in total. The molecular formula is C9H4ClF6NO3. The van der Waals surface area contributed by atoms with Crippen LogP contribution in [0.5, 0.6) is 5.75 Å². The first-order chi connectivity index (χ1) is 8.92. The van der Waals surface area contributed by atoms with Gasteiger partial charge in [0.1, 0.15) is 10.7 Å². The summed E-state index contributed by atoms with van der Waals surface area (Å²) in [4.78, 5) is 13.5. The normalized spacial score (nSPS) is 12.3. The molecule has 20 heavy (non-hydrogen) atoms. The van der Waals surface area contributed by atoms with Gasteiger partial charge in [-0.3, -0.25) is 4.79 Å². The van der Waals surface area contributed by atoms with E-state index in [1.807, 2.05) is 0 Å². The molecular weight excluding hydrogens is 320 g/mol. The van der Waals surface area contributed by atoms with Crippen LogP contribution in [0.2, 0.25) is 5.15 Å². The molecule has 0 spiro atoms. The molecule has 0 fully saturated rings. The number of aliphatic carboxylic acids is 1. The van der Waals surface area contributed by atoms with Crippen molar-refractivity contribution in [1.82, 2.24) is 4.98 Å². The van der Waals surface area contributed by atoms with Gasteiger partial charge < -0.3 is 9.84 Å². The number of carbonyl (C=O) groups is 1. The number of carboxylic acid groups (broad SMARTS) is 1. The molecule has 0 aromatic carbocycles. The highest BCUT2D eigenvalue weighted by Crippen LogP contribution is 2.42. The van der Waals surface area contributed by atoms with Gasteiger partial charge in [-0.2, -0.15) is 13.2 Å². The second-order valence-corrected chi connectivity index (χ2v) is 3.74. The maximum absolute atomic E-state index is 12.8. The van der Waals surface area contributed by atoms with E-state index in [1.54, 1.807) is 0 Å². The predicted octanol–water partition coefficient (Wildman–Crippen LogP) is 3.28. The van der Waals surface area contributed by atoms with Gasteiger partial charge in [-0.1, -0.05) is 11.6 Å². The molecule has 1 aromatic heterocycles. The Hall–Kier alpha value is -1.71. The number of hydrogen-bond donors (Lipinski definition) is 1. The fraction of sp³-hybridized carbons (Fsp3) is 0.333. The van der Waals surface area contributed by atoms with E-state index in [4.69, 9.17) is 16.7 Å². The quantitative estimate of drug-likeness (QED) is 0.685. The molecule has 0 saturated carbocycles. The van der Waals surface area contributed by atoms with E-state index in [9.17, 15) is 31.1 Å². The lowest BCUT2D eigenvalue weighted by Crippen LogP contribution is -2.22. The number of alkyl halides is 6. The van der Waals surface area contributed by atoms with Crippen molar-refractivity contribution >= 4 is 17.6 Å². The molecule has 1 rings (SSSR count). The minimum absolute atomic E-state index is 0.129. The Morgan fingerprint density at radius 3 is 2.25 bits per heavy atom. The number of ether oxygens (including phenoxy) is 1. The summed E-state index contributed by atoms with van der Waals surface area (Å²) >= 11 is 5.31. The molecule has 1 aromatic rings. The van der Waals surface area contributed by atoms with Gasteiger partial charge in [0, 0.05) is 5.56 Å². The number of hydrogen-bond acceptors (Lipinski definition) is 3. The van der Waals surface area contributed by atoms with Crippen LogP contribution >= 0.6 is 11.6 Å². The molecule has 4 nitrogen and oxygen atoms in total. The van der Waals surface area contributed by atoms with E-state index >= 15 is 0 Å². The number of rotatable bonds is 3. The summed E-state index contributed by atoms with van der Waals surface area (Å²) in [6.07, 6.45) is -11.8. The molecule has 112 valence electrons. The van der Waals surface area contributed by atoms with Crippen LogP contribution in [0.1, 0.15) is 11.1 Å². The molecule has 0 aliphatic rings. The third-order valence-electron chi connectivity index (χ3n) is 1.93. The van der Waals surface area contributed by atoms with Crippen molar-refractivity contribution < 1.29 is 41.0 Å². The lowest BCUT2D eigenvalue weighted by Gasteiger charge is -2.18. The predicted molar refractivity (Wildman–Crippen MR) is 52.3 cm³/mol. The summed E-state index contributed by atoms with van der Waals surface area (Å²) in [6, 6.07) is 0. The van der Waals surface area contributed by atoms with Crippen molar-refractivity contribution in [2.75, 3.05) is 0 Å². The van der Waals surface area contributed by atoms with E-state index in [1.165, 1.54) is 0 Å². The maximum Gasteiger partial charge on any atom is 0.573 e. The number of pyridine rings is 1. The number of carboxylic acids is 1. The molecule has 0 saturated heterocycles. The topological polar surface area (TPSA) is 59.4 Å². The zero-order chi connectivity index (χ0) is 15.7. The smallest absolute Gasteiger partial charge is 0.481 e. The van der Waals surface area contributed by atoms with E-state index < -0.39 is 47.0 Å². The van der Waals surface area contributed by atoms with Crippen LogP contribution < -0.4 is 4.74 Å². The Balaban J connectivity index is 3.49. The molecule has 1 heterocycles. The fourth-order valence-electron chi connectivity index (χ4n) is 1.34. The first kappa shape index (κ1) is 16.3. The number of aromatic nitrogens is 1. The zero-order valence-electron chi connectivity index (χ0n) is 9.14. The second kappa shape index (κ2) is 5.35. The van der Waals surface area contributed by atoms with Crippen LogP contribution in [0.4, 0.5) is 26.3 Å². The molecule has 11 heteroatoms. The van der Waals surface area contributed by atoms with Crippen molar-refractivity contribution in [2.24, 2.45) is 0 Å². The Kier molecular flexibility index (Phi) is 4.37. The van der Waals surface area contributed by atoms with Crippen LogP contribution in [0.3, 0.4) is 0 Å². The average molecular weight is 324 g/mol. The van der Waals surface area contributed by atoms with Crippen LogP contribution in [0.15, 0.2) is 6.20 Å². The van der Waals surface area contributed by atoms with Gasteiger partial charge in [0.05, 0.1) is 12.6 Å². The second-order valence-electron chi connectivity index (χ2n) is 3.38. The summed E-state index contributed by atoms with van der Waals surface area (Å²) in [7, 11) is 0. The van der Waals surface area contributed by atoms with Gasteiger partial charge in [0.2, 0.25) is 0 Å². The largest absolute Gasteiger partial charge is 0.573 e. The van der Waals surface area contributed by atoms with Crippen molar-refractivity contribution in [3.63, 3.8) is 0 Å². The Labute approximate surface area is 111 Å². The van der Waals surface area contributed by atoms with Gasteiger partial charge in [0.15, 0.2) is 5.75 Å². The van der Waals surface area contributed by atoms with Gasteiger partial charge in [-0.05, 0) is 0 Å². The maximum atomic E-state index is 12.8. The molecule has 0 amide bonds. The molecule has 0 aliphatic carbocycles. The summed E-state index contributed by atoms with van der Waals surface area (Å²) in [5.41, 5.74) is -3.02. The number of nitrogens with zero attached hydrogens (tertiary/aromatic N) is 1. The fourth-order valence-corrected chi connectivity index (χ4v) is 1.55. The van der Waals surface area contributed by atoms with Gasteiger partial charge in [-0.15, -0.1) is 13.2 Å². The lowest BCUT2D eigenvalue weighted by molar-refractivity contribution is -0.276. The van der Waals surface area contributed by atoms with Crippen molar-refractivity contribution in [1.29, 1.82) is 0 Å². The van der Waals surface area contributed by atoms with Crippen molar-refractivity contribution in [3.05, 3.63) is 22.5 Å². The first-order valence-electron chi connectivity index (χ1n) is 4.64. The van der Waals surface area contributed by atoms with Gasteiger partial charge in [-0.25, -0.2) is 4.98 Å². The molecule has 0 unspecified atom stereocenters. The molecule has 0 atom stereocenters. The number of halogens is 7. The first-order valence-corrected chi connectivity index (χ1v) is 5.01. The molecule has 0 radical (unpaired) electrons. The third-order valence-corrected chi connectivity index (χ3v) is 2.26. The van der Waals surface area contributed by atoms with Crippen LogP contribution in [-0.2, 0) is 17.4 Å². The highest BCUT2D eigenvalue weighted by atomic mass is 35.5. The van der Waals surface area contributed by atoms with Crippen LogP contribution in [0.25, 0.3) is 0 Å². The summed E-state index contributed by atoms with van der Waals surface area (Å²) in [6.45, 7) is 0. The molecule has 0 aliphatic heterocycles. The van der Waals surface area contributed by atoms with E-state index in [2.05, 4.69) is 9.72 Å². The summed E-state index contributed by atoms with van der Waals surface area (Å²) in [5.74, 6) is -3.38. The minimum Gasteiger partial charge on any atom is -0.481 e. The summed E-state index contributed by atoms with van der Waals surface area (Å²) < 4.78 is 77.7. The van der Waals surface area contributed by atoms with Gasteiger partial charge >= 0.3 is 18.5 Å². The van der Waals surface area contributed by atoms with Crippen molar-refractivity contribution in [3.8, 4) is 5.75 Å². The molecule has 0 bridgehead atoms. The Morgan fingerprint density at radius 2 is 1.85 bits per heavy atom. The Morgan fingerprint density at radius 1 is 1.30 bits per heavy atom. The van der Waals surface area contributed by atoms with Crippen LogP contribution in [0, 0.1) is 0 Å². The van der Waals surface area contributed by atoms with Crippen LogP contribution in [-0.4, -0.2) is 22.4 Å². The highest BCUT2D eigenvalue weighted by molar-refractivity contribution is 6.30. The van der Waals surface area contributed by atoms with E-state index in [0.29, 0.717) is 0 Å². The Bertz CT molecular complexity index is 528. The van der Waals surface area contributed by atoms with Crippen molar-refractivity contribution in [2.45, 2.75) is 19.0 Å². The minimum atomic E-state index is -5.39. The highest BCUT2D eigenvalue weighted by Gasteiger charge is 2.42. The van der Waals surface area contributed by atoms with E-state index in [0.717, 1.165) is 0 Å². The SMILES string of the molecule is O=C(O)Cc1c(Cl)ncc(OC(F)(F)F)c1C(F)(F)F. The van der Waals surface area contributed by atoms with Gasteiger partial charge in [0.25, 0.3) is 0 Å².